The Hall–Kier alpha value is -1.81. The SMILES string of the molecule is Cc1ncc(C[n+]2csc(CCO)c2C)c(N)n1.Cl.O=C([O-])CO. The molecule has 8 nitrogen and oxygen atoms in total. The lowest BCUT2D eigenvalue weighted by molar-refractivity contribution is -0.689. The zero-order valence-corrected chi connectivity index (χ0v) is 15.1. The summed E-state index contributed by atoms with van der Waals surface area (Å²) in [6.07, 6.45) is 2.47. The number of carboxylic acid groups (broad SMARTS) is 1. The average Bonchev–Trinajstić information content (AvgIpc) is 2.84. The Bertz CT molecular complexity index is 666. The van der Waals surface area contributed by atoms with Gasteiger partial charge in [0.25, 0.3) is 0 Å². The van der Waals surface area contributed by atoms with Crippen LogP contribution >= 0.6 is 23.7 Å². The molecule has 0 bridgehead atoms. The number of aliphatic carboxylic acids is 1. The second-order valence-electron chi connectivity index (χ2n) is 4.69. The van der Waals surface area contributed by atoms with Gasteiger partial charge in [0, 0.05) is 26.1 Å². The second kappa shape index (κ2) is 10.9. The summed E-state index contributed by atoms with van der Waals surface area (Å²) in [4.78, 5) is 18.5. The topological polar surface area (TPSA) is 136 Å². The second-order valence-corrected chi connectivity index (χ2v) is 5.63. The fourth-order valence-corrected chi connectivity index (χ4v) is 2.75. The van der Waals surface area contributed by atoms with Crippen molar-refractivity contribution in [1.29, 1.82) is 0 Å². The highest BCUT2D eigenvalue weighted by Crippen LogP contribution is 2.13. The zero-order chi connectivity index (χ0) is 17.4. The molecule has 2 aromatic rings. The fraction of sp³-hybridized carbons (Fsp3) is 0.429. The molecular weight excluding hydrogens is 356 g/mol. The zero-order valence-electron chi connectivity index (χ0n) is 13.4. The van der Waals surface area contributed by atoms with Gasteiger partial charge in [-0.1, -0.05) is 11.3 Å². The fourth-order valence-electron chi connectivity index (χ4n) is 1.77. The molecule has 2 aromatic heterocycles. The molecule has 0 unspecified atom stereocenters. The molecule has 0 saturated carbocycles. The van der Waals surface area contributed by atoms with Crippen molar-refractivity contribution in [2.75, 3.05) is 18.9 Å². The number of carbonyl (C=O) groups is 1. The van der Waals surface area contributed by atoms with Gasteiger partial charge < -0.3 is 25.8 Å². The number of nitrogens with two attached hydrogens (primary N) is 1. The molecule has 0 aromatic carbocycles. The van der Waals surface area contributed by atoms with Gasteiger partial charge >= 0.3 is 0 Å². The number of halogens is 1. The van der Waals surface area contributed by atoms with Gasteiger partial charge in [0.05, 0.1) is 23.0 Å². The number of aliphatic hydroxyl groups excluding tert-OH is 2. The number of carboxylic acids is 1. The van der Waals surface area contributed by atoms with Crippen LogP contribution in [0.2, 0.25) is 0 Å². The van der Waals surface area contributed by atoms with Crippen LogP contribution in [0.1, 0.15) is 22.0 Å². The van der Waals surface area contributed by atoms with Crippen LogP contribution in [0, 0.1) is 13.8 Å². The van der Waals surface area contributed by atoms with E-state index in [1.54, 1.807) is 17.5 Å². The predicted octanol–water partition coefficient (Wildman–Crippen LogP) is -1.24. The van der Waals surface area contributed by atoms with Crippen molar-refractivity contribution in [2.45, 2.75) is 26.8 Å². The smallest absolute Gasteiger partial charge is 0.225 e. The number of aryl methyl sites for hydroxylation is 1. The van der Waals surface area contributed by atoms with Crippen LogP contribution in [0.25, 0.3) is 0 Å². The molecule has 0 radical (unpaired) electrons. The van der Waals surface area contributed by atoms with Crippen LogP contribution < -0.4 is 15.4 Å². The standard InChI is InChI=1S/C12H17N4OS.C2H4O3.ClH/c1-8-11(3-4-17)18-7-16(8)6-10-5-14-9(2)15-12(10)13;3-1-2(4)5;/h5,7,17H,3-4,6H2,1-2H3,(H2,13,14,15);3H,1H2,(H,4,5);1H/q+1;;/p-1. The molecule has 0 amide bonds. The Kier molecular flexibility index (Phi) is 10.0. The molecular formula is C14H21ClN4O4S. The van der Waals surface area contributed by atoms with E-state index in [1.807, 2.05) is 19.4 Å². The molecule has 134 valence electrons. The quantitative estimate of drug-likeness (QED) is 0.555. The Morgan fingerprint density at radius 2 is 2.04 bits per heavy atom. The Morgan fingerprint density at radius 3 is 2.54 bits per heavy atom. The number of carbonyl (C=O) groups excluding carboxylic acids is 1. The van der Waals surface area contributed by atoms with E-state index in [4.69, 9.17) is 25.8 Å². The van der Waals surface area contributed by atoms with Crippen LogP contribution in [0.3, 0.4) is 0 Å². The van der Waals surface area contributed by atoms with Crippen LogP contribution in [0.4, 0.5) is 5.82 Å². The Balaban J connectivity index is 0.000000777. The van der Waals surface area contributed by atoms with Crippen LogP contribution in [0.5, 0.6) is 0 Å². The first-order valence-electron chi connectivity index (χ1n) is 6.85. The Morgan fingerprint density at radius 1 is 1.42 bits per heavy atom. The van der Waals surface area contributed by atoms with Crippen molar-refractivity contribution in [2.24, 2.45) is 0 Å². The third-order valence-corrected chi connectivity index (χ3v) is 4.13. The van der Waals surface area contributed by atoms with E-state index >= 15 is 0 Å². The highest BCUT2D eigenvalue weighted by molar-refractivity contribution is 7.09. The number of rotatable bonds is 5. The van der Waals surface area contributed by atoms with Gasteiger partial charge in [-0.3, -0.25) is 0 Å². The molecule has 0 spiro atoms. The van der Waals surface area contributed by atoms with Gasteiger partial charge in [-0.15, -0.1) is 12.4 Å². The lowest BCUT2D eigenvalue weighted by Crippen LogP contribution is -2.35. The molecule has 0 aliphatic carbocycles. The summed E-state index contributed by atoms with van der Waals surface area (Å²) in [7, 11) is 0. The molecule has 0 fully saturated rings. The molecule has 10 heteroatoms. The van der Waals surface area contributed by atoms with Crippen LogP contribution in [0.15, 0.2) is 11.7 Å². The van der Waals surface area contributed by atoms with Crippen molar-refractivity contribution in [3.63, 3.8) is 0 Å². The molecule has 0 saturated heterocycles. The minimum absolute atomic E-state index is 0. The minimum atomic E-state index is -1.44. The van der Waals surface area contributed by atoms with Crippen LogP contribution in [-0.4, -0.2) is 39.4 Å². The van der Waals surface area contributed by atoms with Crippen LogP contribution in [-0.2, 0) is 17.8 Å². The lowest BCUT2D eigenvalue weighted by Gasteiger charge is -2.01. The number of hydrogen-bond donors (Lipinski definition) is 3. The molecule has 24 heavy (non-hydrogen) atoms. The number of aliphatic hydroxyl groups is 2. The summed E-state index contributed by atoms with van der Waals surface area (Å²) in [6, 6.07) is 0. The van der Waals surface area contributed by atoms with Crippen molar-refractivity contribution in [1.82, 2.24) is 9.97 Å². The molecule has 0 aliphatic heterocycles. The summed E-state index contributed by atoms with van der Waals surface area (Å²) < 4.78 is 2.11. The number of nitrogens with zero attached hydrogens (tertiary/aromatic N) is 3. The first-order valence-corrected chi connectivity index (χ1v) is 7.73. The third-order valence-electron chi connectivity index (χ3n) is 2.98. The number of anilines is 1. The highest BCUT2D eigenvalue weighted by Gasteiger charge is 2.16. The van der Waals surface area contributed by atoms with E-state index in [9.17, 15) is 0 Å². The third kappa shape index (κ3) is 6.75. The van der Waals surface area contributed by atoms with E-state index in [1.165, 1.54) is 4.88 Å². The lowest BCUT2D eigenvalue weighted by atomic mass is 10.2. The highest BCUT2D eigenvalue weighted by atomic mass is 35.5. The van der Waals surface area contributed by atoms with Gasteiger partial charge in [-0.05, 0) is 6.92 Å². The van der Waals surface area contributed by atoms with Crippen molar-refractivity contribution in [3.8, 4) is 0 Å². The van der Waals surface area contributed by atoms with E-state index in [0.717, 1.165) is 11.3 Å². The maximum atomic E-state index is 9.01. The Labute approximate surface area is 150 Å². The maximum absolute atomic E-state index is 9.01. The first kappa shape index (κ1) is 22.2. The first-order chi connectivity index (χ1) is 10.9. The number of aromatic nitrogens is 3. The number of hydrogen-bond acceptors (Lipinski definition) is 8. The summed E-state index contributed by atoms with van der Waals surface area (Å²) in [5, 5.41) is 25.5. The van der Waals surface area contributed by atoms with Gasteiger partial charge in [-0.25, -0.2) is 9.97 Å². The average molecular weight is 377 g/mol. The normalized spacial score (nSPS) is 9.67. The predicted molar refractivity (Wildman–Crippen MR) is 89.7 cm³/mol. The van der Waals surface area contributed by atoms with Crippen molar-refractivity contribution >= 4 is 35.5 Å². The van der Waals surface area contributed by atoms with E-state index < -0.39 is 12.6 Å². The summed E-state index contributed by atoms with van der Waals surface area (Å²) >= 11 is 1.65. The molecule has 0 atom stereocenters. The summed E-state index contributed by atoms with van der Waals surface area (Å²) in [5.41, 5.74) is 10.0. The van der Waals surface area contributed by atoms with E-state index in [-0.39, 0.29) is 19.0 Å². The van der Waals surface area contributed by atoms with Gasteiger partial charge in [-0.2, -0.15) is 4.57 Å². The number of thiazole rings is 1. The van der Waals surface area contributed by atoms with E-state index in [0.29, 0.717) is 24.6 Å². The van der Waals surface area contributed by atoms with E-state index in [2.05, 4.69) is 14.5 Å². The largest absolute Gasteiger partial charge is 0.548 e. The molecule has 2 heterocycles. The molecule has 0 aliphatic rings. The van der Waals surface area contributed by atoms with Gasteiger partial charge in [0.2, 0.25) is 5.51 Å². The molecule has 4 N–H and O–H groups in total. The van der Waals surface area contributed by atoms with Gasteiger partial charge in [0.15, 0.2) is 12.2 Å². The summed E-state index contributed by atoms with van der Waals surface area (Å²) in [5.74, 6) is -0.224. The van der Waals surface area contributed by atoms with Gasteiger partial charge in [0.1, 0.15) is 11.6 Å². The minimum Gasteiger partial charge on any atom is -0.548 e. The maximum Gasteiger partial charge on any atom is 0.225 e. The molecule has 2 rings (SSSR count). The van der Waals surface area contributed by atoms with Crippen molar-refractivity contribution in [3.05, 3.63) is 33.7 Å². The number of nitrogen functional groups attached to an aromatic ring is 1. The monoisotopic (exact) mass is 376 g/mol. The van der Waals surface area contributed by atoms with Crippen molar-refractivity contribution < 1.29 is 24.7 Å². The summed E-state index contributed by atoms with van der Waals surface area (Å²) in [6.45, 7) is 3.83.